The lowest BCUT2D eigenvalue weighted by atomic mass is 10.3. The fourth-order valence-corrected chi connectivity index (χ4v) is 3.02. The topological polar surface area (TPSA) is 55.4 Å². The number of halogens is 1. The van der Waals surface area contributed by atoms with Gasteiger partial charge in [0.2, 0.25) is 10.0 Å². The predicted molar refractivity (Wildman–Crippen MR) is 64.0 cm³/mol. The van der Waals surface area contributed by atoms with Gasteiger partial charge in [-0.05, 0) is 40.9 Å². The van der Waals surface area contributed by atoms with Crippen LogP contribution in [0, 0.1) is 0 Å². The Morgan fingerprint density at radius 3 is 2.69 bits per heavy atom. The molecule has 0 bridgehead atoms. The summed E-state index contributed by atoms with van der Waals surface area (Å²) in [6.07, 6.45) is 1.85. The second kappa shape index (κ2) is 4.35. The van der Waals surface area contributed by atoms with Crippen LogP contribution in [0.4, 0.5) is 0 Å². The van der Waals surface area contributed by atoms with E-state index in [1.165, 1.54) is 13.2 Å². The first-order valence-electron chi connectivity index (χ1n) is 4.89. The van der Waals surface area contributed by atoms with Crippen molar-refractivity contribution in [3.05, 3.63) is 22.7 Å². The molecule has 0 amide bonds. The molecule has 88 valence electrons. The molecule has 2 rings (SSSR count). The highest BCUT2D eigenvalue weighted by atomic mass is 79.9. The number of nitrogens with one attached hydrogen (secondary N) is 1. The number of hydrogen-bond donors (Lipinski definition) is 1. The Balaban J connectivity index is 2.31. The van der Waals surface area contributed by atoms with Crippen LogP contribution in [0.1, 0.15) is 12.8 Å². The summed E-state index contributed by atoms with van der Waals surface area (Å²) in [5.74, 6) is 0.513. The molecule has 0 aromatic heterocycles. The van der Waals surface area contributed by atoms with Crippen molar-refractivity contribution in [1.82, 2.24) is 4.72 Å². The summed E-state index contributed by atoms with van der Waals surface area (Å²) in [5.41, 5.74) is 0. The largest absolute Gasteiger partial charge is 0.496 e. The molecule has 1 fully saturated rings. The van der Waals surface area contributed by atoms with Crippen LogP contribution in [0.2, 0.25) is 0 Å². The first kappa shape index (κ1) is 11.9. The summed E-state index contributed by atoms with van der Waals surface area (Å²) >= 11 is 3.28. The SMILES string of the molecule is COc1cc(S(=O)(=O)NC2CC2)ccc1Br. The number of benzene rings is 1. The maximum atomic E-state index is 11.9. The van der Waals surface area contributed by atoms with Gasteiger partial charge in [-0.3, -0.25) is 0 Å². The van der Waals surface area contributed by atoms with E-state index in [1.54, 1.807) is 12.1 Å². The van der Waals surface area contributed by atoms with Gasteiger partial charge in [-0.25, -0.2) is 13.1 Å². The summed E-state index contributed by atoms with van der Waals surface area (Å²) in [4.78, 5) is 0.236. The second-order valence-electron chi connectivity index (χ2n) is 3.69. The van der Waals surface area contributed by atoms with Crippen LogP contribution >= 0.6 is 15.9 Å². The number of hydrogen-bond acceptors (Lipinski definition) is 3. The molecule has 1 aromatic carbocycles. The predicted octanol–water partition coefficient (Wildman–Crippen LogP) is 1.90. The average molecular weight is 306 g/mol. The van der Waals surface area contributed by atoms with Crippen LogP contribution in [0.25, 0.3) is 0 Å². The van der Waals surface area contributed by atoms with Crippen LogP contribution in [-0.2, 0) is 10.0 Å². The zero-order valence-electron chi connectivity index (χ0n) is 8.73. The third kappa shape index (κ3) is 2.56. The monoisotopic (exact) mass is 305 g/mol. The van der Waals surface area contributed by atoms with Crippen molar-refractivity contribution in [1.29, 1.82) is 0 Å². The minimum absolute atomic E-state index is 0.111. The van der Waals surface area contributed by atoms with E-state index in [9.17, 15) is 8.42 Å². The minimum atomic E-state index is -3.40. The summed E-state index contributed by atoms with van der Waals surface area (Å²) < 4.78 is 32.2. The van der Waals surface area contributed by atoms with E-state index >= 15 is 0 Å². The molecule has 0 saturated heterocycles. The van der Waals surface area contributed by atoms with Crippen LogP contribution in [0.5, 0.6) is 5.75 Å². The van der Waals surface area contributed by atoms with E-state index < -0.39 is 10.0 Å². The van der Waals surface area contributed by atoms with E-state index in [-0.39, 0.29) is 10.9 Å². The molecule has 1 N–H and O–H groups in total. The van der Waals surface area contributed by atoms with Gasteiger partial charge in [-0.1, -0.05) is 0 Å². The van der Waals surface area contributed by atoms with Crippen molar-refractivity contribution in [2.24, 2.45) is 0 Å². The smallest absolute Gasteiger partial charge is 0.240 e. The van der Waals surface area contributed by atoms with E-state index in [2.05, 4.69) is 20.7 Å². The summed E-state index contributed by atoms with van der Waals surface area (Å²) in [7, 11) is -1.89. The molecule has 1 aliphatic rings. The minimum Gasteiger partial charge on any atom is -0.496 e. The molecule has 16 heavy (non-hydrogen) atoms. The summed E-state index contributed by atoms with van der Waals surface area (Å²) in [6, 6.07) is 4.84. The molecule has 0 heterocycles. The normalized spacial score (nSPS) is 16.1. The molecule has 1 aromatic rings. The average Bonchev–Trinajstić information content (AvgIpc) is 3.01. The molecule has 1 saturated carbocycles. The second-order valence-corrected chi connectivity index (χ2v) is 6.26. The van der Waals surface area contributed by atoms with Gasteiger partial charge in [0.15, 0.2) is 0 Å². The number of sulfonamides is 1. The molecule has 0 spiro atoms. The Morgan fingerprint density at radius 2 is 2.12 bits per heavy atom. The zero-order valence-corrected chi connectivity index (χ0v) is 11.1. The van der Waals surface area contributed by atoms with Gasteiger partial charge in [0.05, 0.1) is 16.5 Å². The zero-order chi connectivity index (χ0) is 11.8. The van der Waals surface area contributed by atoms with Gasteiger partial charge in [-0.15, -0.1) is 0 Å². The fourth-order valence-electron chi connectivity index (χ4n) is 1.30. The van der Waals surface area contributed by atoms with E-state index in [0.717, 1.165) is 17.3 Å². The molecular formula is C10H12BrNO3S. The highest BCUT2D eigenvalue weighted by molar-refractivity contribution is 9.10. The Kier molecular flexibility index (Phi) is 3.23. The standard InChI is InChI=1S/C10H12BrNO3S/c1-15-10-6-8(4-5-9(10)11)16(13,14)12-7-2-3-7/h4-7,12H,2-3H2,1H3. The quantitative estimate of drug-likeness (QED) is 0.924. The lowest BCUT2D eigenvalue weighted by Crippen LogP contribution is -2.25. The van der Waals surface area contributed by atoms with Crippen LogP contribution in [0.3, 0.4) is 0 Å². The molecule has 0 aliphatic heterocycles. The van der Waals surface area contributed by atoms with Crippen LogP contribution in [0.15, 0.2) is 27.6 Å². The van der Waals surface area contributed by atoms with E-state index in [4.69, 9.17) is 4.74 Å². The van der Waals surface area contributed by atoms with Crippen molar-refractivity contribution in [2.45, 2.75) is 23.8 Å². The molecular weight excluding hydrogens is 294 g/mol. The van der Waals surface area contributed by atoms with Crippen molar-refractivity contribution in [3.8, 4) is 5.75 Å². The van der Waals surface area contributed by atoms with Crippen LogP contribution in [-0.4, -0.2) is 21.6 Å². The van der Waals surface area contributed by atoms with Crippen molar-refractivity contribution in [3.63, 3.8) is 0 Å². The van der Waals surface area contributed by atoms with Crippen LogP contribution < -0.4 is 9.46 Å². The molecule has 6 heteroatoms. The van der Waals surface area contributed by atoms with Gasteiger partial charge in [0, 0.05) is 12.1 Å². The van der Waals surface area contributed by atoms with Gasteiger partial charge in [0.25, 0.3) is 0 Å². The highest BCUT2D eigenvalue weighted by Crippen LogP contribution is 2.28. The van der Waals surface area contributed by atoms with Gasteiger partial charge in [-0.2, -0.15) is 0 Å². The molecule has 0 atom stereocenters. The Morgan fingerprint density at radius 1 is 1.44 bits per heavy atom. The highest BCUT2D eigenvalue weighted by Gasteiger charge is 2.28. The van der Waals surface area contributed by atoms with E-state index in [1.807, 2.05) is 0 Å². The molecule has 1 aliphatic carbocycles. The van der Waals surface area contributed by atoms with Gasteiger partial charge >= 0.3 is 0 Å². The third-order valence-corrected chi connectivity index (χ3v) is 4.51. The van der Waals surface area contributed by atoms with Crippen molar-refractivity contribution < 1.29 is 13.2 Å². The maximum absolute atomic E-state index is 11.9. The van der Waals surface area contributed by atoms with Crippen molar-refractivity contribution in [2.75, 3.05) is 7.11 Å². The Bertz CT molecular complexity index is 497. The summed E-state index contributed by atoms with van der Waals surface area (Å²) in [6.45, 7) is 0. The Labute approximate surface area is 103 Å². The summed E-state index contributed by atoms with van der Waals surface area (Å²) in [5, 5.41) is 0. The molecule has 0 unspecified atom stereocenters. The van der Waals surface area contributed by atoms with Gasteiger partial charge in [0.1, 0.15) is 5.75 Å². The number of rotatable bonds is 4. The molecule has 4 nitrogen and oxygen atoms in total. The fraction of sp³-hybridized carbons (Fsp3) is 0.400. The Hall–Kier alpha value is -0.590. The maximum Gasteiger partial charge on any atom is 0.240 e. The van der Waals surface area contributed by atoms with Crippen molar-refractivity contribution >= 4 is 26.0 Å². The van der Waals surface area contributed by atoms with Gasteiger partial charge < -0.3 is 4.74 Å². The first-order valence-corrected chi connectivity index (χ1v) is 7.16. The first-order chi connectivity index (χ1) is 7.53. The number of ether oxygens (including phenoxy) is 1. The lowest BCUT2D eigenvalue weighted by molar-refractivity contribution is 0.410. The molecule has 0 radical (unpaired) electrons. The number of methoxy groups -OCH3 is 1. The third-order valence-electron chi connectivity index (χ3n) is 2.33. The van der Waals surface area contributed by atoms with E-state index in [0.29, 0.717) is 5.75 Å². The lowest BCUT2D eigenvalue weighted by Gasteiger charge is -2.08.